The van der Waals surface area contributed by atoms with E-state index in [4.69, 9.17) is 0 Å². The Labute approximate surface area is 89.0 Å². The number of carbonyl (C=O) groups excluding carboxylic acids is 1. The first-order chi connectivity index (χ1) is 6.92. The van der Waals surface area contributed by atoms with Gasteiger partial charge in [0.15, 0.2) is 0 Å². The lowest BCUT2D eigenvalue weighted by Gasteiger charge is -2.34. The molecule has 4 nitrogen and oxygen atoms in total. The molecular formula is C11H17NO3. The number of aliphatic carboxylic acids is 1. The van der Waals surface area contributed by atoms with Gasteiger partial charge in [-0.15, -0.1) is 0 Å². The van der Waals surface area contributed by atoms with E-state index in [0.717, 1.165) is 25.7 Å². The van der Waals surface area contributed by atoms with Crippen LogP contribution in [0.2, 0.25) is 0 Å². The molecule has 2 rings (SSSR count). The van der Waals surface area contributed by atoms with Crippen molar-refractivity contribution in [3.8, 4) is 0 Å². The maximum absolute atomic E-state index is 11.4. The van der Waals surface area contributed by atoms with Crippen molar-refractivity contribution in [1.29, 1.82) is 0 Å². The zero-order valence-electron chi connectivity index (χ0n) is 9.17. The van der Waals surface area contributed by atoms with E-state index in [2.05, 4.69) is 5.32 Å². The molecule has 0 aromatic heterocycles. The number of hydrogen-bond donors (Lipinski definition) is 2. The Bertz CT molecular complexity index is 328. The lowest BCUT2D eigenvalue weighted by molar-refractivity contribution is -0.150. The molecule has 0 saturated heterocycles. The lowest BCUT2D eigenvalue weighted by Crippen LogP contribution is -2.58. The number of amides is 1. The second-order valence-electron chi connectivity index (χ2n) is 5.06. The van der Waals surface area contributed by atoms with Crippen LogP contribution in [0.1, 0.15) is 39.5 Å². The smallest absolute Gasteiger partial charge is 0.329 e. The fourth-order valence-corrected chi connectivity index (χ4v) is 3.33. The third kappa shape index (κ3) is 1.27. The maximum Gasteiger partial charge on any atom is 0.329 e. The quantitative estimate of drug-likeness (QED) is 0.736. The van der Waals surface area contributed by atoms with Gasteiger partial charge in [0.2, 0.25) is 5.91 Å². The minimum absolute atomic E-state index is 0.162. The second-order valence-corrected chi connectivity index (χ2v) is 5.06. The Morgan fingerprint density at radius 2 is 2.20 bits per heavy atom. The summed E-state index contributed by atoms with van der Waals surface area (Å²) in [7, 11) is 0. The van der Waals surface area contributed by atoms with E-state index in [1.807, 2.05) is 0 Å². The Balaban J connectivity index is 2.27. The normalized spacial score (nSPS) is 36.5. The van der Waals surface area contributed by atoms with Crippen LogP contribution >= 0.6 is 0 Å². The van der Waals surface area contributed by atoms with Crippen LogP contribution < -0.4 is 5.32 Å². The van der Waals surface area contributed by atoms with Crippen molar-refractivity contribution in [2.24, 2.45) is 11.3 Å². The van der Waals surface area contributed by atoms with Gasteiger partial charge in [0.05, 0.1) is 0 Å². The van der Waals surface area contributed by atoms with Crippen LogP contribution in [-0.4, -0.2) is 22.5 Å². The summed E-state index contributed by atoms with van der Waals surface area (Å²) in [6.45, 7) is 3.03. The van der Waals surface area contributed by atoms with Crippen LogP contribution in [0, 0.1) is 11.3 Å². The molecule has 2 fully saturated rings. The fourth-order valence-electron chi connectivity index (χ4n) is 3.33. The summed E-state index contributed by atoms with van der Waals surface area (Å²) in [5, 5.41) is 12.0. The number of nitrogens with one attached hydrogen (secondary N) is 1. The van der Waals surface area contributed by atoms with Crippen LogP contribution in [-0.2, 0) is 9.59 Å². The highest BCUT2D eigenvalue weighted by atomic mass is 16.4. The number of hydrogen-bond acceptors (Lipinski definition) is 2. The van der Waals surface area contributed by atoms with Gasteiger partial charge in [0, 0.05) is 12.3 Å². The monoisotopic (exact) mass is 211 g/mol. The fraction of sp³-hybridized carbons (Fsp3) is 0.818. The molecule has 0 aromatic carbocycles. The molecule has 84 valence electrons. The first kappa shape index (κ1) is 10.5. The maximum atomic E-state index is 11.4. The molecule has 1 amide bonds. The highest BCUT2D eigenvalue weighted by Gasteiger charge is 2.69. The molecule has 2 saturated carbocycles. The molecule has 0 aliphatic heterocycles. The van der Waals surface area contributed by atoms with Crippen LogP contribution in [0.25, 0.3) is 0 Å². The number of carboxylic acids is 1. The summed E-state index contributed by atoms with van der Waals surface area (Å²) in [6.07, 6.45) is 4.09. The van der Waals surface area contributed by atoms with Gasteiger partial charge in [-0.1, -0.05) is 6.42 Å². The lowest BCUT2D eigenvalue weighted by atomic mass is 9.80. The highest BCUT2D eigenvalue weighted by Crippen LogP contribution is 2.68. The Morgan fingerprint density at radius 3 is 2.53 bits per heavy atom. The van der Waals surface area contributed by atoms with Crippen LogP contribution in [0.15, 0.2) is 0 Å². The van der Waals surface area contributed by atoms with Gasteiger partial charge in [0.25, 0.3) is 0 Å². The SMILES string of the molecule is CC(=O)NC(C)(C(=O)O)[C@]12CCC[C@@H]1C2. The van der Waals surface area contributed by atoms with E-state index >= 15 is 0 Å². The topological polar surface area (TPSA) is 66.4 Å². The van der Waals surface area contributed by atoms with Gasteiger partial charge in [-0.2, -0.15) is 0 Å². The Hall–Kier alpha value is -1.06. The van der Waals surface area contributed by atoms with Gasteiger partial charge in [-0.05, 0) is 32.1 Å². The number of carboxylic acid groups (broad SMARTS) is 1. The Kier molecular flexibility index (Phi) is 2.07. The van der Waals surface area contributed by atoms with Crippen LogP contribution in [0.4, 0.5) is 0 Å². The largest absolute Gasteiger partial charge is 0.479 e. The summed E-state index contributed by atoms with van der Waals surface area (Å²) in [5.41, 5.74) is -1.23. The molecule has 15 heavy (non-hydrogen) atoms. The van der Waals surface area contributed by atoms with Crippen LogP contribution in [0.5, 0.6) is 0 Å². The van der Waals surface area contributed by atoms with Gasteiger partial charge < -0.3 is 10.4 Å². The molecule has 2 N–H and O–H groups in total. The first-order valence-electron chi connectivity index (χ1n) is 5.44. The van der Waals surface area contributed by atoms with Crippen molar-refractivity contribution >= 4 is 11.9 Å². The van der Waals surface area contributed by atoms with E-state index in [-0.39, 0.29) is 11.3 Å². The third-order valence-electron chi connectivity index (χ3n) is 4.26. The molecule has 1 unspecified atom stereocenters. The van der Waals surface area contributed by atoms with Crippen molar-refractivity contribution in [2.45, 2.75) is 45.1 Å². The van der Waals surface area contributed by atoms with Crippen LogP contribution in [0.3, 0.4) is 0 Å². The standard InChI is InChI=1S/C11H17NO3/c1-7(13)12-10(2,9(14)15)11-5-3-4-8(11)6-11/h8H,3-6H2,1-2H3,(H,12,13)(H,14,15)/t8-,10?,11+/m1/s1. The molecular weight excluding hydrogens is 194 g/mol. The van der Waals surface area contributed by atoms with E-state index in [0.29, 0.717) is 5.92 Å². The predicted octanol–water partition coefficient (Wildman–Crippen LogP) is 1.16. The van der Waals surface area contributed by atoms with Gasteiger partial charge >= 0.3 is 5.97 Å². The number of fused-ring (bicyclic) bond motifs is 1. The molecule has 0 spiro atoms. The molecule has 3 atom stereocenters. The molecule has 4 heteroatoms. The summed E-state index contributed by atoms with van der Waals surface area (Å²) in [5.74, 6) is -0.653. The first-order valence-corrected chi connectivity index (χ1v) is 5.44. The van der Waals surface area contributed by atoms with E-state index in [1.165, 1.54) is 6.92 Å². The molecule has 2 aliphatic carbocycles. The summed E-state index contributed by atoms with van der Waals surface area (Å²) in [4.78, 5) is 22.5. The Morgan fingerprint density at radius 1 is 1.53 bits per heavy atom. The molecule has 0 aromatic rings. The van der Waals surface area contributed by atoms with E-state index in [1.54, 1.807) is 6.92 Å². The third-order valence-corrected chi connectivity index (χ3v) is 4.26. The van der Waals surface area contributed by atoms with Crippen molar-refractivity contribution < 1.29 is 14.7 Å². The van der Waals surface area contributed by atoms with Crippen molar-refractivity contribution in [3.63, 3.8) is 0 Å². The molecule has 2 aliphatic rings. The van der Waals surface area contributed by atoms with Crippen molar-refractivity contribution in [2.75, 3.05) is 0 Å². The van der Waals surface area contributed by atoms with Gasteiger partial charge in [0.1, 0.15) is 5.54 Å². The zero-order valence-corrected chi connectivity index (χ0v) is 9.17. The van der Waals surface area contributed by atoms with Crippen molar-refractivity contribution in [3.05, 3.63) is 0 Å². The molecule has 0 radical (unpaired) electrons. The van der Waals surface area contributed by atoms with Gasteiger partial charge in [-0.3, -0.25) is 4.79 Å². The van der Waals surface area contributed by atoms with E-state index in [9.17, 15) is 14.7 Å². The van der Waals surface area contributed by atoms with Gasteiger partial charge in [-0.25, -0.2) is 4.79 Å². The molecule has 0 heterocycles. The highest BCUT2D eigenvalue weighted by molar-refractivity contribution is 5.87. The zero-order chi connectivity index (χ0) is 11.3. The van der Waals surface area contributed by atoms with Crippen molar-refractivity contribution in [1.82, 2.24) is 5.32 Å². The second kappa shape index (κ2) is 2.97. The average molecular weight is 211 g/mol. The molecule has 0 bridgehead atoms. The number of rotatable bonds is 3. The number of carbonyl (C=O) groups is 2. The summed E-state index contributed by atoms with van der Waals surface area (Å²) < 4.78 is 0. The minimum Gasteiger partial charge on any atom is -0.479 e. The average Bonchev–Trinajstić information content (AvgIpc) is 2.69. The predicted molar refractivity (Wildman–Crippen MR) is 54.2 cm³/mol. The minimum atomic E-state index is -1.07. The van der Waals surface area contributed by atoms with E-state index < -0.39 is 11.5 Å². The summed E-state index contributed by atoms with van der Waals surface area (Å²) >= 11 is 0. The summed E-state index contributed by atoms with van der Waals surface area (Å²) in [6, 6.07) is 0.